The van der Waals surface area contributed by atoms with E-state index in [1.807, 2.05) is 24.3 Å². The van der Waals surface area contributed by atoms with E-state index in [9.17, 15) is 9.65 Å². The van der Waals surface area contributed by atoms with Gasteiger partial charge >= 0.3 is 0 Å². The molecule has 3 aliphatic rings. The predicted octanol–water partition coefficient (Wildman–Crippen LogP) is 6.65. The molecule has 1 saturated carbocycles. The number of nitrogens with zero attached hydrogens (tertiary/aromatic N) is 5. The van der Waals surface area contributed by atoms with E-state index in [0.717, 1.165) is 74.5 Å². The minimum atomic E-state index is -0.242. The van der Waals surface area contributed by atoms with Gasteiger partial charge in [-0.2, -0.15) is 5.26 Å². The van der Waals surface area contributed by atoms with Crippen LogP contribution in [0.15, 0.2) is 54.6 Å². The maximum Gasteiger partial charge on any atom is 0.213 e. The molecule has 7 nitrogen and oxygen atoms in total. The quantitative estimate of drug-likeness (QED) is 0.210. The third-order valence-corrected chi connectivity index (χ3v) is 9.57. The highest BCUT2D eigenvalue weighted by atomic mass is 19.1. The minimum absolute atomic E-state index is 0.104. The summed E-state index contributed by atoms with van der Waals surface area (Å²) in [5.41, 5.74) is 6.10. The van der Waals surface area contributed by atoms with Gasteiger partial charge in [0.25, 0.3) is 0 Å². The van der Waals surface area contributed by atoms with Crippen molar-refractivity contribution in [2.45, 2.75) is 70.6 Å². The van der Waals surface area contributed by atoms with Crippen LogP contribution in [0, 0.1) is 29.5 Å². The van der Waals surface area contributed by atoms with Crippen LogP contribution in [-0.4, -0.2) is 45.7 Å². The number of halogens is 1. The molecule has 8 heteroatoms. The van der Waals surface area contributed by atoms with E-state index in [1.165, 1.54) is 11.1 Å². The molecule has 222 valence electrons. The number of pyridine rings is 1. The van der Waals surface area contributed by atoms with Gasteiger partial charge in [-0.15, -0.1) is 0 Å². The van der Waals surface area contributed by atoms with Crippen LogP contribution >= 0.6 is 0 Å². The van der Waals surface area contributed by atoms with Crippen LogP contribution in [0.4, 0.5) is 4.39 Å². The first kappa shape index (κ1) is 28.0. The highest BCUT2D eigenvalue weighted by molar-refractivity contribution is 5.77. The standard InChI is InChI=1S/C35H38FN5O2/c1-24-5-8-31-32(17-24)41(23-35(11-12-35)13-14-37)33(38-31)19-40-15-9-25(10-16-40)30-3-2-4-34(39-30)43-22-27-7-6-26(18-29(27)36)28-20-42-21-28/h2-8,17-18,25,28H,9-13,15-16,19-23H2,1H3. The molecule has 1 aliphatic carbocycles. The monoisotopic (exact) mass is 579 g/mol. The van der Waals surface area contributed by atoms with Crippen LogP contribution in [0.25, 0.3) is 11.0 Å². The second-order valence-corrected chi connectivity index (χ2v) is 12.8. The Morgan fingerprint density at radius 1 is 1.05 bits per heavy atom. The number of ether oxygens (including phenoxy) is 2. The number of aryl methyl sites for hydroxylation is 1. The number of likely N-dealkylation sites (tertiary alicyclic amines) is 1. The Morgan fingerprint density at radius 3 is 2.60 bits per heavy atom. The van der Waals surface area contributed by atoms with Crippen molar-refractivity contribution in [2.24, 2.45) is 5.41 Å². The van der Waals surface area contributed by atoms with Gasteiger partial charge in [0, 0.05) is 47.5 Å². The molecule has 0 atom stereocenters. The van der Waals surface area contributed by atoms with Gasteiger partial charge in [-0.1, -0.05) is 24.3 Å². The first-order valence-corrected chi connectivity index (χ1v) is 15.5. The van der Waals surface area contributed by atoms with E-state index in [2.05, 4.69) is 46.7 Å². The summed E-state index contributed by atoms with van der Waals surface area (Å²) in [7, 11) is 0. The minimum Gasteiger partial charge on any atom is -0.473 e. The second kappa shape index (κ2) is 11.7. The molecule has 7 rings (SSSR count). The van der Waals surface area contributed by atoms with E-state index in [0.29, 0.717) is 42.9 Å². The number of benzene rings is 2. The first-order chi connectivity index (χ1) is 21.0. The van der Waals surface area contributed by atoms with Gasteiger partial charge in [0.15, 0.2) is 0 Å². The van der Waals surface area contributed by atoms with Gasteiger partial charge in [0.2, 0.25) is 5.88 Å². The second-order valence-electron chi connectivity index (χ2n) is 12.8. The van der Waals surface area contributed by atoms with Gasteiger partial charge in [-0.3, -0.25) is 4.90 Å². The topological polar surface area (TPSA) is 76.2 Å². The smallest absolute Gasteiger partial charge is 0.213 e. The summed E-state index contributed by atoms with van der Waals surface area (Å²) in [4.78, 5) is 12.4. The van der Waals surface area contributed by atoms with E-state index in [-0.39, 0.29) is 17.8 Å². The average molecular weight is 580 g/mol. The zero-order valence-corrected chi connectivity index (χ0v) is 24.8. The van der Waals surface area contributed by atoms with E-state index < -0.39 is 0 Å². The molecule has 4 aromatic rings. The molecule has 0 unspecified atom stereocenters. The van der Waals surface area contributed by atoms with Crippen LogP contribution in [0.3, 0.4) is 0 Å². The van der Waals surface area contributed by atoms with Crippen molar-refractivity contribution in [1.29, 1.82) is 5.26 Å². The molecule has 4 heterocycles. The Labute approximate surface area is 252 Å². The van der Waals surface area contributed by atoms with Gasteiger partial charge < -0.3 is 14.0 Å². The summed E-state index contributed by atoms with van der Waals surface area (Å²) in [6.07, 6.45) is 4.86. The Kier molecular flexibility index (Phi) is 7.62. The Hall–Kier alpha value is -3.80. The number of hydrogen-bond acceptors (Lipinski definition) is 6. The molecule has 3 fully saturated rings. The van der Waals surface area contributed by atoms with E-state index in [1.54, 1.807) is 6.07 Å². The fourth-order valence-electron chi connectivity index (χ4n) is 6.49. The Bertz CT molecular complexity index is 1660. The fourth-order valence-corrected chi connectivity index (χ4v) is 6.49. The Balaban J connectivity index is 0.983. The maximum absolute atomic E-state index is 14.7. The van der Waals surface area contributed by atoms with Crippen molar-refractivity contribution < 1.29 is 13.9 Å². The third kappa shape index (κ3) is 6.02. The van der Waals surface area contributed by atoms with Gasteiger partial charge in [0.05, 0.1) is 36.9 Å². The lowest BCUT2D eigenvalue weighted by Crippen LogP contribution is -2.34. The van der Waals surface area contributed by atoms with E-state index in [4.69, 9.17) is 19.4 Å². The SMILES string of the molecule is Cc1ccc2nc(CN3CCC(c4cccc(OCc5ccc(C6COC6)cc5F)n4)CC3)n(CC3(CC#N)CC3)c2c1. The van der Waals surface area contributed by atoms with Crippen molar-refractivity contribution >= 4 is 11.0 Å². The molecule has 0 spiro atoms. The molecule has 43 heavy (non-hydrogen) atoms. The normalized spacial score (nSPS) is 18.8. The largest absolute Gasteiger partial charge is 0.473 e. The summed E-state index contributed by atoms with van der Waals surface area (Å²) in [5, 5.41) is 9.41. The number of imidazole rings is 1. The lowest BCUT2D eigenvalue weighted by atomic mass is 9.93. The molecule has 2 aromatic carbocycles. The summed E-state index contributed by atoms with van der Waals surface area (Å²) in [6.45, 7) is 7.20. The summed E-state index contributed by atoms with van der Waals surface area (Å²) >= 11 is 0. The van der Waals surface area contributed by atoms with Crippen molar-refractivity contribution in [2.75, 3.05) is 26.3 Å². The van der Waals surface area contributed by atoms with Crippen LogP contribution in [0.1, 0.15) is 72.1 Å². The number of aromatic nitrogens is 3. The van der Waals surface area contributed by atoms with Crippen LogP contribution in [0.5, 0.6) is 5.88 Å². The van der Waals surface area contributed by atoms with Gasteiger partial charge in [-0.25, -0.2) is 14.4 Å². The molecule has 2 saturated heterocycles. The summed E-state index contributed by atoms with van der Waals surface area (Å²) in [5.74, 6) is 2.04. The molecule has 0 bridgehead atoms. The first-order valence-electron chi connectivity index (χ1n) is 15.5. The lowest BCUT2D eigenvalue weighted by molar-refractivity contribution is 0.00830. The summed E-state index contributed by atoms with van der Waals surface area (Å²) < 4.78 is 28.3. The van der Waals surface area contributed by atoms with Crippen LogP contribution < -0.4 is 4.74 Å². The molecule has 2 aliphatic heterocycles. The number of fused-ring (bicyclic) bond motifs is 1. The number of rotatable bonds is 10. The van der Waals surface area contributed by atoms with Crippen molar-refractivity contribution in [3.05, 3.63) is 88.6 Å². The fraction of sp³-hybridized carbons (Fsp3) is 0.457. The lowest BCUT2D eigenvalue weighted by Gasteiger charge is -2.31. The zero-order chi connectivity index (χ0) is 29.4. The molecule has 0 amide bonds. The molecule has 0 radical (unpaired) electrons. The number of hydrogen-bond donors (Lipinski definition) is 0. The van der Waals surface area contributed by atoms with Gasteiger partial charge in [-0.05, 0) is 81.1 Å². The average Bonchev–Trinajstić information content (AvgIpc) is 3.67. The van der Waals surface area contributed by atoms with Crippen LogP contribution in [0.2, 0.25) is 0 Å². The summed E-state index contributed by atoms with van der Waals surface area (Å²) in [6, 6.07) is 20.2. The van der Waals surface area contributed by atoms with Crippen molar-refractivity contribution in [3.8, 4) is 11.9 Å². The molecule has 2 aromatic heterocycles. The van der Waals surface area contributed by atoms with Gasteiger partial charge in [0.1, 0.15) is 18.2 Å². The highest BCUT2D eigenvalue weighted by Crippen LogP contribution is 2.50. The molecular formula is C35H38FN5O2. The zero-order valence-electron chi connectivity index (χ0n) is 24.8. The highest BCUT2D eigenvalue weighted by Gasteiger charge is 2.43. The predicted molar refractivity (Wildman–Crippen MR) is 162 cm³/mol. The number of nitriles is 1. The van der Waals surface area contributed by atoms with Crippen molar-refractivity contribution in [1.82, 2.24) is 19.4 Å². The van der Waals surface area contributed by atoms with E-state index >= 15 is 0 Å². The third-order valence-electron chi connectivity index (χ3n) is 9.57. The number of piperidine rings is 1. The maximum atomic E-state index is 14.7. The molecule has 0 N–H and O–H groups in total. The molecular weight excluding hydrogens is 541 g/mol. The van der Waals surface area contributed by atoms with Crippen molar-refractivity contribution in [3.63, 3.8) is 0 Å². The van der Waals surface area contributed by atoms with Crippen LogP contribution in [-0.2, 0) is 24.4 Å². The Morgan fingerprint density at radius 2 is 1.88 bits per heavy atom.